The minimum absolute atomic E-state index is 0.0843. The molecule has 1 heterocycles. The second kappa shape index (κ2) is 5.27. The quantitative estimate of drug-likeness (QED) is 0.470. The smallest absolute Gasteiger partial charge is 0.422 e. The van der Waals surface area contributed by atoms with E-state index >= 15 is 0 Å². The molecule has 1 aromatic heterocycles. The topological polar surface area (TPSA) is 87.4 Å². The van der Waals surface area contributed by atoms with Gasteiger partial charge in [-0.2, -0.15) is 17.9 Å². The van der Waals surface area contributed by atoms with Crippen molar-refractivity contribution in [3.63, 3.8) is 0 Å². The Labute approximate surface area is 112 Å². The van der Waals surface area contributed by atoms with Crippen LogP contribution in [0.5, 0.6) is 0 Å². The average Bonchev–Trinajstić information content (AvgIpc) is 2.35. The molecular weight excluding hydrogens is 303 g/mol. The number of carbonyl (C=O) groups excluding carboxylic acids is 1. The molecular formula is C10H10F3NO5S. The van der Waals surface area contributed by atoms with Crippen LogP contribution >= 0.6 is 0 Å². The monoisotopic (exact) mass is 313 g/mol. The molecule has 1 rings (SSSR count). The number of esters is 1. The first-order valence-electron chi connectivity index (χ1n) is 5.20. The van der Waals surface area contributed by atoms with Crippen LogP contribution in [0.3, 0.4) is 0 Å². The summed E-state index contributed by atoms with van der Waals surface area (Å²) in [4.78, 5) is 10.4. The lowest BCUT2D eigenvalue weighted by molar-refractivity contribution is -0.611. The predicted molar refractivity (Wildman–Crippen MR) is 59.5 cm³/mol. The fourth-order valence-corrected chi connectivity index (χ4v) is 2.47. The lowest BCUT2D eigenvalue weighted by Crippen LogP contribution is -2.39. The summed E-state index contributed by atoms with van der Waals surface area (Å²) in [6, 6.07) is 0.249. The Balaban J connectivity index is 3.75. The first kappa shape index (κ1) is 16.2. The molecule has 1 aromatic rings. The van der Waals surface area contributed by atoms with Gasteiger partial charge >= 0.3 is 17.8 Å². The van der Waals surface area contributed by atoms with Crippen molar-refractivity contribution in [1.29, 1.82) is 0 Å². The van der Waals surface area contributed by atoms with Gasteiger partial charge in [-0.1, -0.05) is 6.92 Å². The third-order valence-electron chi connectivity index (χ3n) is 2.42. The van der Waals surface area contributed by atoms with Gasteiger partial charge in [0.05, 0.1) is 12.9 Å². The minimum Gasteiger partial charge on any atom is -0.618 e. The number of carbonyl (C=O) groups is 1. The van der Waals surface area contributed by atoms with Crippen molar-refractivity contribution in [3.8, 4) is 0 Å². The van der Waals surface area contributed by atoms with Crippen LogP contribution in [0.25, 0.3) is 0 Å². The maximum atomic E-state index is 12.6. The Morgan fingerprint density at radius 1 is 1.45 bits per heavy atom. The van der Waals surface area contributed by atoms with Crippen LogP contribution in [0.1, 0.15) is 23.0 Å². The van der Waals surface area contributed by atoms with Gasteiger partial charge in [-0.25, -0.2) is 13.2 Å². The number of alkyl halides is 3. The molecule has 112 valence electrons. The zero-order valence-electron chi connectivity index (χ0n) is 10.4. The number of hydrogen-bond acceptors (Lipinski definition) is 5. The van der Waals surface area contributed by atoms with Crippen molar-refractivity contribution in [1.82, 2.24) is 0 Å². The summed E-state index contributed by atoms with van der Waals surface area (Å²) in [5.41, 5.74) is -2.46. The number of rotatable bonds is 3. The molecule has 0 unspecified atom stereocenters. The molecule has 0 spiro atoms. The van der Waals surface area contributed by atoms with Gasteiger partial charge in [0.1, 0.15) is 10.5 Å². The fourth-order valence-electron chi connectivity index (χ4n) is 1.38. The van der Waals surface area contributed by atoms with Gasteiger partial charge in [0, 0.05) is 0 Å². The molecule has 0 aliphatic heterocycles. The minimum atomic E-state index is -4.92. The molecule has 6 nitrogen and oxygen atoms in total. The van der Waals surface area contributed by atoms with Crippen molar-refractivity contribution in [2.45, 2.75) is 18.0 Å². The second-order valence-electron chi connectivity index (χ2n) is 3.66. The molecule has 0 radical (unpaired) electrons. The highest BCUT2D eigenvalue weighted by atomic mass is 32.2. The van der Waals surface area contributed by atoms with E-state index in [9.17, 15) is 31.6 Å². The van der Waals surface area contributed by atoms with Gasteiger partial charge in [-0.3, -0.25) is 0 Å². The zero-order valence-corrected chi connectivity index (χ0v) is 11.2. The summed E-state index contributed by atoms with van der Waals surface area (Å²) < 4.78 is 65.0. The molecule has 20 heavy (non-hydrogen) atoms. The molecule has 0 N–H and O–H groups in total. The molecule has 0 atom stereocenters. The molecule has 0 aliphatic rings. The molecule has 10 heteroatoms. The predicted octanol–water partition coefficient (Wildman–Crippen LogP) is 0.919. The van der Waals surface area contributed by atoms with Gasteiger partial charge < -0.3 is 9.94 Å². The Morgan fingerprint density at radius 2 is 2.00 bits per heavy atom. The largest absolute Gasteiger partial charge is 0.618 e. The summed E-state index contributed by atoms with van der Waals surface area (Å²) in [5.74, 6) is -1.90. The Bertz CT molecular complexity index is 639. The zero-order chi connectivity index (χ0) is 15.7. The van der Waals surface area contributed by atoms with Gasteiger partial charge in [0.2, 0.25) is 0 Å². The maximum Gasteiger partial charge on any atom is 0.422 e. The van der Waals surface area contributed by atoms with E-state index in [1.807, 2.05) is 0 Å². The van der Waals surface area contributed by atoms with Crippen molar-refractivity contribution < 1.29 is 35.9 Å². The number of methoxy groups -OCH3 is 1. The third-order valence-corrected chi connectivity index (χ3v) is 4.16. The maximum absolute atomic E-state index is 12.6. The van der Waals surface area contributed by atoms with Crippen LogP contribution < -0.4 is 4.73 Å². The van der Waals surface area contributed by atoms with Crippen LogP contribution in [0, 0.1) is 5.21 Å². The lowest BCUT2D eigenvalue weighted by atomic mass is 10.2. The highest BCUT2D eigenvalue weighted by Crippen LogP contribution is 2.30. The number of pyridine rings is 1. The summed E-state index contributed by atoms with van der Waals surface area (Å²) >= 11 is 0. The number of ether oxygens (including phenoxy) is 1. The van der Waals surface area contributed by atoms with E-state index < -0.39 is 48.6 Å². The number of halogens is 3. The van der Waals surface area contributed by atoms with E-state index in [2.05, 4.69) is 4.74 Å². The fraction of sp³-hybridized carbons (Fsp3) is 0.400. The highest BCUT2D eigenvalue weighted by molar-refractivity contribution is 7.91. The van der Waals surface area contributed by atoms with Gasteiger partial charge in [-0.15, -0.1) is 0 Å². The van der Waals surface area contributed by atoms with Crippen molar-refractivity contribution in [2.75, 3.05) is 12.9 Å². The van der Waals surface area contributed by atoms with Crippen LogP contribution in [-0.2, 0) is 20.8 Å². The SMILES string of the molecule is CCS(=O)(=O)c1cc(C(F)(F)F)c[n+]([O-])c1C(=O)OC. The number of nitrogens with zero attached hydrogens (tertiary/aromatic N) is 1. The summed E-state index contributed by atoms with van der Waals surface area (Å²) in [5, 5.41) is 11.5. The standard InChI is InChI=1S/C10H10F3NO5S/c1-3-20(17,18)7-4-6(10(11,12)13)5-14(16)8(7)9(15)19-2/h4-5H,3H2,1-2H3. The Kier molecular flexibility index (Phi) is 4.27. The molecule has 0 bridgehead atoms. The molecule has 0 fully saturated rings. The van der Waals surface area contributed by atoms with Gasteiger partial charge in [0.25, 0.3) is 0 Å². The first-order chi connectivity index (χ1) is 9.04. The molecule has 0 aliphatic carbocycles. The van der Waals surface area contributed by atoms with E-state index in [1.165, 1.54) is 6.92 Å². The van der Waals surface area contributed by atoms with Crippen LogP contribution in [0.2, 0.25) is 0 Å². The van der Waals surface area contributed by atoms with Gasteiger partial charge in [-0.05, 0) is 6.07 Å². The van der Waals surface area contributed by atoms with Crippen molar-refractivity contribution in [3.05, 3.63) is 28.7 Å². The highest BCUT2D eigenvalue weighted by Gasteiger charge is 2.39. The first-order valence-corrected chi connectivity index (χ1v) is 6.85. The molecule has 0 aromatic carbocycles. The van der Waals surface area contributed by atoms with Crippen LogP contribution in [0.4, 0.5) is 13.2 Å². The van der Waals surface area contributed by atoms with E-state index in [0.717, 1.165) is 7.11 Å². The van der Waals surface area contributed by atoms with Crippen molar-refractivity contribution in [2.24, 2.45) is 0 Å². The Morgan fingerprint density at radius 3 is 2.40 bits per heavy atom. The van der Waals surface area contributed by atoms with E-state index in [0.29, 0.717) is 0 Å². The van der Waals surface area contributed by atoms with E-state index in [-0.39, 0.29) is 12.3 Å². The molecule has 0 saturated heterocycles. The number of sulfone groups is 1. The number of hydrogen-bond donors (Lipinski definition) is 0. The number of aromatic nitrogens is 1. The Hall–Kier alpha value is -1.84. The van der Waals surface area contributed by atoms with Gasteiger partial charge in [0.15, 0.2) is 16.0 Å². The van der Waals surface area contributed by atoms with Crippen LogP contribution in [-0.4, -0.2) is 27.2 Å². The summed E-state index contributed by atoms with van der Waals surface area (Å²) in [6.07, 6.45) is -4.83. The summed E-state index contributed by atoms with van der Waals surface area (Å²) in [6.45, 7) is 1.17. The third kappa shape index (κ3) is 3.00. The molecule has 0 amide bonds. The molecule has 0 saturated carbocycles. The average molecular weight is 313 g/mol. The second-order valence-corrected chi connectivity index (χ2v) is 5.91. The lowest BCUT2D eigenvalue weighted by Gasteiger charge is -2.12. The summed E-state index contributed by atoms with van der Waals surface area (Å²) in [7, 11) is -3.33. The van der Waals surface area contributed by atoms with Crippen molar-refractivity contribution >= 4 is 15.8 Å². The van der Waals surface area contributed by atoms with E-state index in [4.69, 9.17) is 0 Å². The van der Waals surface area contributed by atoms with Crippen LogP contribution in [0.15, 0.2) is 17.2 Å². The normalized spacial score (nSPS) is 12.2. The van der Waals surface area contributed by atoms with E-state index in [1.54, 1.807) is 0 Å².